The Hall–Kier alpha value is -2.27. The predicted molar refractivity (Wildman–Crippen MR) is 80.1 cm³/mol. The highest BCUT2D eigenvalue weighted by atomic mass is 32.1. The number of rotatable bonds is 2. The largest absolute Gasteiger partial charge is 0.235 e. The molecule has 0 radical (unpaired) electrons. The number of halogens is 2. The van der Waals surface area contributed by atoms with Crippen molar-refractivity contribution in [1.82, 2.24) is 9.97 Å². The zero-order valence-corrected chi connectivity index (χ0v) is 11.7. The second-order valence-electron chi connectivity index (χ2n) is 4.47. The summed E-state index contributed by atoms with van der Waals surface area (Å²) in [5.74, 6) is -0.328. The second-order valence-corrected chi connectivity index (χ2v) is 4.98. The zero-order chi connectivity index (χ0) is 14.8. The summed E-state index contributed by atoms with van der Waals surface area (Å²) in [4.78, 5) is 8.84. The minimum Gasteiger partial charge on any atom is -0.235 e. The van der Waals surface area contributed by atoms with Gasteiger partial charge in [0, 0.05) is 28.4 Å². The van der Waals surface area contributed by atoms with E-state index in [2.05, 4.69) is 22.6 Å². The van der Waals surface area contributed by atoms with E-state index in [0.717, 1.165) is 0 Å². The van der Waals surface area contributed by atoms with Gasteiger partial charge in [0.1, 0.15) is 11.6 Å². The van der Waals surface area contributed by atoms with Crippen LogP contribution in [0.25, 0.3) is 22.5 Å². The standard InChI is InChI=1S/C16H10F2N2S/c17-12-4-1-10(2-5-12)14-6-3-11(7-15(14)18)16-19-8-13(21)9-20-16/h1-9,21H. The SMILES string of the molecule is Fc1ccc(-c2ccc(-c3ncc(S)cn3)cc2F)cc1. The van der Waals surface area contributed by atoms with E-state index < -0.39 is 5.82 Å². The van der Waals surface area contributed by atoms with Crippen molar-refractivity contribution < 1.29 is 8.78 Å². The summed E-state index contributed by atoms with van der Waals surface area (Å²) in [6.07, 6.45) is 3.11. The van der Waals surface area contributed by atoms with Gasteiger partial charge in [0.25, 0.3) is 0 Å². The molecule has 5 heteroatoms. The van der Waals surface area contributed by atoms with E-state index >= 15 is 0 Å². The van der Waals surface area contributed by atoms with Crippen LogP contribution < -0.4 is 0 Å². The summed E-state index contributed by atoms with van der Waals surface area (Å²) in [6, 6.07) is 10.4. The van der Waals surface area contributed by atoms with Gasteiger partial charge < -0.3 is 0 Å². The summed E-state index contributed by atoms with van der Waals surface area (Å²) in [5.41, 5.74) is 1.60. The molecule has 2 aromatic carbocycles. The maximum absolute atomic E-state index is 14.2. The Kier molecular flexibility index (Phi) is 3.66. The van der Waals surface area contributed by atoms with Crippen LogP contribution in [-0.4, -0.2) is 9.97 Å². The van der Waals surface area contributed by atoms with Gasteiger partial charge in [-0.2, -0.15) is 0 Å². The average Bonchev–Trinajstić information content (AvgIpc) is 2.49. The first kappa shape index (κ1) is 13.7. The Morgan fingerprint density at radius 2 is 1.43 bits per heavy atom. The van der Waals surface area contributed by atoms with Crippen molar-refractivity contribution >= 4 is 12.6 Å². The van der Waals surface area contributed by atoms with Gasteiger partial charge in [-0.25, -0.2) is 18.7 Å². The summed E-state index contributed by atoms with van der Waals surface area (Å²) in [7, 11) is 0. The normalized spacial score (nSPS) is 10.6. The fourth-order valence-electron chi connectivity index (χ4n) is 1.99. The van der Waals surface area contributed by atoms with Crippen molar-refractivity contribution in [3.63, 3.8) is 0 Å². The highest BCUT2D eigenvalue weighted by Gasteiger charge is 2.09. The smallest absolute Gasteiger partial charge is 0.159 e. The Morgan fingerprint density at radius 1 is 0.810 bits per heavy atom. The Morgan fingerprint density at radius 3 is 2.05 bits per heavy atom. The molecule has 0 unspecified atom stereocenters. The molecule has 3 aromatic rings. The van der Waals surface area contributed by atoms with Crippen LogP contribution >= 0.6 is 12.6 Å². The van der Waals surface area contributed by atoms with Crippen molar-refractivity contribution in [2.75, 3.05) is 0 Å². The second kappa shape index (κ2) is 5.61. The molecule has 104 valence electrons. The van der Waals surface area contributed by atoms with Gasteiger partial charge in [-0.15, -0.1) is 12.6 Å². The molecule has 0 aliphatic heterocycles. The molecule has 0 saturated heterocycles. The average molecular weight is 300 g/mol. The summed E-state index contributed by atoms with van der Waals surface area (Å²) >= 11 is 4.11. The first-order valence-corrected chi connectivity index (χ1v) is 6.65. The third-order valence-corrected chi connectivity index (χ3v) is 3.25. The van der Waals surface area contributed by atoms with Gasteiger partial charge >= 0.3 is 0 Å². The van der Waals surface area contributed by atoms with Crippen molar-refractivity contribution in [1.29, 1.82) is 0 Å². The van der Waals surface area contributed by atoms with Gasteiger partial charge in [0.05, 0.1) is 0 Å². The number of hydrogen-bond acceptors (Lipinski definition) is 3. The van der Waals surface area contributed by atoms with Gasteiger partial charge in [0.15, 0.2) is 5.82 Å². The highest BCUT2D eigenvalue weighted by Crippen LogP contribution is 2.26. The molecule has 0 bridgehead atoms. The molecule has 0 saturated carbocycles. The van der Waals surface area contributed by atoms with E-state index in [1.165, 1.54) is 18.2 Å². The first-order valence-electron chi connectivity index (χ1n) is 6.20. The van der Waals surface area contributed by atoms with E-state index in [1.807, 2.05) is 0 Å². The maximum atomic E-state index is 14.2. The minimum absolute atomic E-state index is 0.351. The van der Waals surface area contributed by atoms with E-state index in [4.69, 9.17) is 0 Å². The molecule has 21 heavy (non-hydrogen) atoms. The van der Waals surface area contributed by atoms with Crippen LogP contribution in [0.5, 0.6) is 0 Å². The maximum Gasteiger partial charge on any atom is 0.159 e. The molecular formula is C16H10F2N2S. The summed E-state index contributed by atoms with van der Waals surface area (Å²) < 4.78 is 27.1. The van der Waals surface area contributed by atoms with E-state index in [0.29, 0.717) is 27.4 Å². The monoisotopic (exact) mass is 300 g/mol. The lowest BCUT2D eigenvalue weighted by Gasteiger charge is -2.06. The van der Waals surface area contributed by atoms with Gasteiger partial charge in [-0.3, -0.25) is 0 Å². The number of thiol groups is 1. The molecule has 2 nitrogen and oxygen atoms in total. The van der Waals surface area contributed by atoms with Crippen molar-refractivity contribution in [3.05, 3.63) is 66.5 Å². The van der Waals surface area contributed by atoms with Crippen LogP contribution in [0.2, 0.25) is 0 Å². The van der Waals surface area contributed by atoms with Crippen molar-refractivity contribution in [2.45, 2.75) is 4.90 Å². The van der Waals surface area contributed by atoms with Crippen molar-refractivity contribution in [3.8, 4) is 22.5 Å². The molecule has 1 heterocycles. The lowest BCUT2D eigenvalue weighted by atomic mass is 10.0. The molecule has 0 fully saturated rings. The molecule has 0 aliphatic carbocycles. The van der Waals surface area contributed by atoms with Crippen molar-refractivity contribution in [2.24, 2.45) is 0 Å². The molecule has 3 rings (SSSR count). The van der Waals surface area contributed by atoms with E-state index in [9.17, 15) is 8.78 Å². The Balaban J connectivity index is 1.99. The van der Waals surface area contributed by atoms with Gasteiger partial charge in [-0.1, -0.05) is 24.3 Å². The topological polar surface area (TPSA) is 25.8 Å². The molecule has 0 spiro atoms. The Labute approximate surface area is 125 Å². The third-order valence-electron chi connectivity index (χ3n) is 3.02. The van der Waals surface area contributed by atoms with Crippen LogP contribution in [0, 0.1) is 11.6 Å². The molecule has 1 aromatic heterocycles. The van der Waals surface area contributed by atoms with Crippen LogP contribution in [0.1, 0.15) is 0 Å². The number of aromatic nitrogens is 2. The van der Waals surface area contributed by atoms with Crippen LogP contribution in [-0.2, 0) is 0 Å². The lowest BCUT2D eigenvalue weighted by Crippen LogP contribution is -1.91. The quantitative estimate of drug-likeness (QED) is 0.711. The lowest BCUT2D eigenvalue weighted by molar-refractivity contribution is 0.626. The summed E-state index contributed by atoms with van der Waals surface area (Å²) in [6.45, 7) is 0. The predicted octanol–water partition coefficient (Wildman–Crippen LogP) is 4.38. The number of nitrogens with zero attached hydrogens (tertiary/aromatic N) is 2. The fraction of sp³-hybridized carbons (Fsp3) is 0. The molecule has 0 aliphatic rings. The third kappa shape index (κ3) is 2.92. The zero-order valence-electron chi connectivity index (χ0n) is 10.8. The molecule has 0 N–H and O–H groups in total. The van der Waals surface area contributed by atoms with Crippen LogP contribution in [0.4, 0.5) is 8.78 Å². The molecular weight excluding hydrogens is 290 g/mol. The summed E-state index contributed by atoms with van der Waals surface area (Å²) in [5, 5.41) is 0. The van der Waals surface area contributed by atoms with E-state index in [-0.39, 0.29) is 5.82 Å². The number of benzene rings is 2. The van der Waals surface area contributed by atoms with Crippen LogP contribution in [0.15, 0.2) is 59.8 Å². The minimum atomic E-state index is -0.405. The molecule has 0 amide bonds. The van der Waals surface area contributed by atoms with Crippen LogP contribution in [0.3, 0.4) is 0 Å². The first-order chi connectivity index (χ1) is 10.1. The van der Waals surface area contributed by atoms with E-state index in [1.54, 1.807) is 36.7 Å². The molecule has 0 atom stereocenters. The Bertz CT molecular complexity index is 771. The van der Waals surface area contributed by atoms with Gasteiger partial charge in [-0.05, 0) is 23.8 Å². The highest BCUT2D eigenvalue weighted by molar-refractivity contribution is 7.80. The fourth-order valence-corrected chi connectivity index (χ4v) is 2.10. The van der Waals surface area contributed by atoms with Gasteiger partial charge in [0.2, 0.25) is 0 Å². The number of hydrogen-bond donors (Lipinski definition) is 1.